The van der Waals surface area contributed by atoms with Crippen molar-refractivity contribution in [2.45, 2.75) is 19.6 Å². The van der Waals surface area contributed by atoms with Crippen LogP contribution in [0.2, 0.25) is 0 Å². The van der Waals surface area contributed by atoms with E-state index in [1.165, 1.54) is 14.0 Å². The molecule has 1 heterocycles. The Bertz CT molecular complexity index is 1230. The van der Waals surface area contributed by atoms with Gasteiger partial charge in [0.25, 0.3) is 11.1 Å². The molecule has 7 heteroatoms. The Morgan fingerprint density at radius 1 is 1.03 bits per heavy atom. The van der Waals surface area contributed by atoms with Gasteiger partial charge in [0.1, 0.15) is 18.4 Å². The minimum Gasteiger partial charge on any atom is -0.488 e. The van der Waals surface area contributed by atoms with E-state index in [1.807, 2.05) is 48.5 Å². The standard InChI is InChI=1S/C25H21NO5S/c1-16(24(28)30-2)26-23(27)22(32-25(26)29)14-18-9-4-6-13-21(18)31-15-19-11-7-10-17-8-3-5-12-20(17)19/h3-14,16H,15H2,1-2H3/b22-14+/t16-/m1/s1. The maximum absolute atomic E-state index is 12.8. The average molecular weight is 448 g/mol. The lowest BCUT2D eigenvalue weighted by Gasteiger charge is -2.18. The van der Waals surface area contributed by atoms with Gasteiger partial charge in [-0.2, -0.15) is 0 Å². The SMILES string of the molecule is COC(=O)[C@@H](C)N1C(=O)S/C(=C/c2ccccc2OCc2cccc3ccccc23)C1=O. The number of hydrogen-bond donors (Lipinski definition) is 0. The summed E-state index contributed by atoms with van der Waals surface area (Å²) in [5, 5.41) is 1.74. The van der Waals surface area contributed by atoms with Gasteiger partial charge in [-0.1, -0.05) is 60.7 Å². The molecule has 1 atom stereocenters. The molecule has 3 aromatic rings. The van der Waals surface area contributed by atoms with Crippen molar-refractivity contribution in [2.24, 2.45) is 0 Å². The third-order valence-electron chi connectivity index (χ3n) is 5.22. The molecule has 0 saturated carbocycles. The van der Waals surface area contributed by atoms with Gasteiger partial charge in [0.2, 0.25) is 0 Å². The van der Waals surface area contributed by atoms with Crippen LogP contribution in [0.25, 0.3) is 16.8 Å². The fourth-order valence-corrected chi connectivity index (χ4v) is 4.44. The molecule has 1 aliphatic heterocycles. The Morgan fingerprint density at radius 3 is 2.56 bits per heavy atom. The number of imide groups is 1. The summed E-state index contributed by atoms with van der Waals surface area (Å²) in [6, 6.07) is 20.5. The van der Waals surface area contributed by atoms with E-state index in [-0.39, 0.29) is 4.91 Å². The average Bonchev–Trinajstić information content (AvgIpc) is 3.09. The minimum atomic E-state index is -0.990. The number of hydrogen-bond acceptors (Lipinski definition) is 6. The monoisotopic (exact) mass is 447 g/mol. The lowest BCUT2D eigenvalue weighted by atomic mass is 10.1. The van der Waals surface area contributed by atoms with Crippen molar-refractivity contribution in [3.05, 3.63) is 82.8 Å². The third-order valence-corrected chi connectivity index (χ3v) is 6.11. The van der Waals surface area contributed by atoms with Crippen molar-refractivity contribution in [3.8, 4) is 5.75 Å². The number of esters is 1. The molecule has 32 heavy (non-hydrogen) atoms. The molecule has 162 valence electrons. The number of fused-ring (bicyclic) bond motifs is 1. The number of amides is 2. The molecule has 1 fully saturated rings. The highest BCUT2D eigenvalue weighted by Crippen LogP contribution is 2.35. The summed E-state index contributed by atoms with van der Waals surface area (Å²) in [6.07, 6.45) is 1.62. The summed E-state index contributed by atoms with van der Waals surface area (Å²) < 4.78 is 10.8. The fraction of sp³-hybridized carbons (Fsp3) is 0.160. The highest BCUT2D eigenvalue weighted by Gasteiger charge is 2.41. The van der Waals surface area contributed by atoms with Crippen LogP contribution < -0.4 is 4.74 Å². The predicted molar refractivity (Wildman–Crippen MR) is 124 cm³/mol. The maximum atomic E-state index is 12.8. The number of nitrogens with zero attached hydrogens (tertiary/aromatic N) is 1. The van der Waals surface area contributed by atoms with Crippen LogP contribution in [0.1, 0.15) is 18.1 Å². The molecule has 2 amide bonds. The van der Waals surface area contributed by atoms with Crippen LogP contribution in [0.4, 0.5) is 4.79 Å². The van der Waals surface area contributed by atoms with Crippen molar-refractivity contribution < 1.29 is 23.9 Å². The highest BCUT2D eigenvalue weighted by molar-refractivity contribution is 8.18. The first kappa shape index (κ1) is 21.6. The fourth-order valence-electron chi connectivity index (χ4n) is 3.54. The lowest BCUT2D eigenvalue weighted by molar-refractivity contribution is -0.148. The van der Waals surface area contributed by atoms with Crippen molar-refractivity contribution in [2.75, 3.05) is 7.11 Å². The number of carbonyl (C=O) groups excluding carboxylic acids is 3. The van der Waals surface area contributed by atoms with E-state index in [0.29, 0.717) is 17.9 Å². The molecule has 1 saturated heterocycles. The number of rotatable bonds is 6. The van der Waals surface area contributed by atoms with Crippen LogP contribution >= 0.6 is 11.8 Å². The summed E-state index contributed by atoms with van der Waals surface area (Å²) in [6.45, 7) is 1.82. The molecule has 3 aromatic carbocycles. The minimum absolute atomic E-state index is 0.229. The molecule has 0 radical (unpaired) electrons. The summed E-state index contributed by atoms with van der Waals surface area (Å²) in [5.74, 6) is -0.581. The van der Waals surface area contributed by atoms with Gasteiger partial charge in [-0.05, 0) is 47.2 Å². The van der Waals surface area contributed by atoms with Gasteiger partial charge in [0.15, 0.2) is 0 Å². The van der Waals surface area contributed by atoms with Gasteiger partial charge >= 0.3 is 5.97 Å². The molecule has 6 nitrogen and oxygen atoms in total. The van der Waals surface area contributed by atoms with Crippen LogP contribution in [0.3, 0.4) is 0 Å². The molecular formula is C25H21NO5S. The van der Waals surface area contributed by atoms with Gasteiger partial charge in [-0.15, -0.1) is 0 Å². The smallest absolute Gasteiger partial charge is 0.328 e. The zero-order valence-corrected chi connectivity index (χ0v) is 18.4. The number of benzene rings is 3. The number of para-hydroxylation sites is 1. The van der Waals surface area contributed by atoms with Crippen LogP contribution in [0.5, 0.6) is 5.75 Å². The summed E-state index contributed by atoms with van der Waals surface area (Å²) >= 11 is 0.793. The Labute approximate surface area is 189 Å². The second-order valence-electron chi connectivity index (χ2n) is 7.22. The number of methoxy groups -OCH3 is 1. The number of ether oxygens (including phenoxy) is 2. The summed E-state index contributed by atoms with van der Waals surface area (Å²) in [5.41, 5.74) is 1.72. The molecule has 0 bridgehead atoms. The quantitative estimate of drug-likeness (QED) is 0.390. The van der Waals surface area contributed by atoms with E-state index >= 15 is 0 Å². The van der Waals surface area contributed by atoms with Crippen LogP contribution in [0.15, 0.2) is 71.6 Å². The first-order valence-electron chi connectivity index (χ1n) is 10.0. The van der Waals surface area contributed by atoms with E-state index in [2.05, 4.69) is 22.9 Å². The van der Waals surface area contributed by atoms with Crippen molar-refractivity contribution in [3.63, 3.8) is 0 Å². The Kier molecular flexibility index (Phi) is 6.28. The van der Waals surface area contributed by atoms with Crippen LogP contribution in [0, 0.1) is 0 Å². The largest absolute Gasteiger partial charge is 0.488 e. The normalized spacial score (nSPS) is 15.9. The van der Waals surface area contributed by atoms with Gasteiger partial charge < -0.3 is 9.47 Å². The van der Waals surface area contributed by atoms with Gasteiger partial charge in [0, 0.05) is 5.56 Å². The van der Waals surface area contributed by atoms with Crippen molar-refractivity contribution in [1.29, 1.82) is 0 Å². The third kappa shape index (κ3) is 4.24. The number of carbonyl (C=O) groups is 3. The Balaban J connectivity index is 1.57. The maximum Gasteiger partial charge on any atom is 0.328 e. The Morgan fingerprint density at radius 2 is 1.75 bits per heavy atom. The second kappa shape index (κ2) is 9.28. The molecule has 0 aliphatic carbocycles. The molecule has 0 aromatic heterocycles. The number of thioether (sulfide) groups is 1. The van der Waals surface area contributed by atoms with Crippen molar-refractivity contribution in [1.82, 2.24) is 4.90 Å². The predicted octanol–water partition coefficient (Wildman–Crippen LogP) is 5.02. The molecule has 0 spiro atoms. The lowest BCUT2D eigenvalue weighted by Crippen LogP contribution is -2.42. The zero-order valence-electron chi connectivity index (χ0n) is 17.6. The molecule has 4 rings (SSSR count). The second-order valence-corrected chi connectivity index (χ2v) is 8.21. The Hall–Kier alpha value is -3.58. The topological polar surface area (TPSA) is 72.9 Å². The first-order valence-corrected chi connectivity index (χ1v) is 10.8. The van der Waals surface area contributed by atoms with E-state index in [9.17, 15) is 14.4 Å². The van der Waals surface area contributed by atoms with E-state index in [1.54, 1.807) is 6.08 Å². The molecule has 0 N–H and O–H groups in total. The molecule has 1 aliphatic rings. The molecule has 0 unspecified atom stereocenters. The zero-order chi connectivity index (χ0) is 22.7. The van der Waals surface area contributed by atoms with E-state index < -0.39 is 23.2 Å². The van der Waals surface area contributed by atoms with Gasteiger partial charge in [-0.3, -0.25) is 14.5 Å². The first-order chi connectivity index (χ1) is 15.5. The van der Waals surface area contributed by atoms with Crippen LogP contribution in [-0.4, -0.2) is 35.2 Å². The summed E-state index contributed by atoms with van der Waals surface area (Å²) in [7, 11) is 1.22. The van der Waals surface area contributed by atoms with E-state index in [4.69, 9.17) is 4.74 Å². The van der Waals surface area contributed by atoms with Crippen LogP contribution in [-0.2, 0) is 20.9 Å². The van der Waals surface area contributed by atoms with E-state index in [0.717, 1.165) is 33.0 Å². The van der Waals surface area contributed by atoms with Gasteiger partial charge in [-0.25, -0.2) is 4.79 Å². The summed E-state index contributed by atoms with van der Waals surface area (Å²) in [4.78, 5) is 38.1. The molecular weight excluding hydrogens is 426 g/mol. The van der Waals surface area contributed by atoms with Gasteiger partial charge in [0.05, 0.1) is 12.0 Å². The highest BCUT2D eigenvalue weighted by atomic mass is 32.2. The van der Waals surface area contributed by atoms with Crippen molar-refractivity contribution >= 4 is 45.7 Å².